The lowest BCUT2D eigenvalue weighted by Gasteiger charge is -2.32. The second kappa shape index (κ2) is 20.0. The van der Waals surface area contributed by atoms with Gasteiger partial charge < -0.3 is 24.6 Å². The molecule has 0 radical (unpaired) electrons. The minimum Gasteiger partial charge on any atom is -0.451 e. The maximum absolute atomic E-state index is 13.2. The Balaban J connectivity index is 0.000000308. The Morgan fingerprint density at radius 2 is 1.84 bits per heavy atom. The number of amides is 3. The number of carbonyl (C=O) groups is 4. The zero-order valence-electron chi connectivity index (χ0n) is 30.9. The van der Waals surface area contributed by atoms with Gasteiger partial charge >= 0.3 is 6.09 Å². The van der Waals surface area contributed by atoms with Crippen molar-refractivity contribution in [3.63, 3.8) is 0 Å². The van der Waals surface area contributed by atoms with Crippen LogP contribution in [0.15, 0.2) is 28.7 Å². The molecule has 2 aliphatic rings. The van der Waals surface area contributed by atoms with Crippen molar-refractivity contribution in [1.82, 2.24) is 19.2 Å². The first-order valence-corrected chi connectivity index (χ1v) is 18.7. The SMILES string of the molecule is CCC(C=O)CCCC(CF)NC(=O)OC(C)(C)C.CN(C)SNC(=O)c1cc2cc(NC(=O)C3C(C4CCCCC4)CCN3C)ccc2o1. The van der Waals surface area contributed by atoms with Crippen LogP contribution in [0.5, 0.6) is 0 Å². The molecule has 4 rings (SSSR count). The van der Waals surface area contributed by atoms with E-state index >= 15 is 0 Å². The molecule has 1 saturated heterocycles. The number of hydrogen-bond acceptors (Lipinski definition) is 9. The van der Waals surface area contributed by atoms with Gasteiger partial charge in [-0.1, -0.05) is 45.4 Å². The van der Waals surface area contributed by atoms with Gasteiger partial charge in [0.2, 0.25) is 5.91 Å². The molecule has 0 spiro atoms. The molecule has 3 amide bonds. The van der Waals surface area contributed by atoms with E-state index in [1.807, 2.05) is 33.2 Å². The lowest BCUT2D eigenvalue weighted by molar-refractivity contribution is -0.121. The predicted octanol–water partition coefficient (Wildman–Crippen LogP) is 7.37. The molecule has 1 aromatic carbocycles. The minimum atomic E-state index is -0.628. The number of halogens is 1. The molecule has 2 aromatic rings. The average Bonchev–Trinajstić information content (AvgIpc) is 3.68. The highest BCUT2D eigenvalue weighted by Crippen LogP contribution is 2.39. The summed E-state index contributed by atoms with van der Waals surface area (Å²) in [5, 5.41) is 6.42. The molecule has 11 nitrogen and oxygen atoms in total. The number of rotatable bonds is 14. The van der Waals surface area contributed by atoms with Crippen LogP contribution in [-0.2, 0) is 14.3 Å². The fourth-order valence-electron chi connectivity index (χ4n) is 6.72. The normalized spacial score (nSPS) is 19.7. The zero-order chi connectivity index (χ0) is 36.8. The highest BCUT2D eigenvalue weighted by molar-refractivity contribution is 7.95. The van der Waals surface area contributed by atoms with Crippen molar-refractivity contribution in [3.05, 3.63) is 30.0 Å². The monoisotopic (exact) mass is 719 g/mol. The summed E-state index contributed by atoms with van der Waals surface area (Å²) in [7, 11) is 5.75. The van der Waals surface area contributed by atoms with Gasteiger partial charge in [-0.3, -0.25) is 19.2 Å². The third-order valence-corrected chi connectivity index (χ3v) is 9.94. The zero-order valence-corrected chi connectivity index (χ0v) is 31.7. The van der Waals surface area contributed by atoms with E-state index in [9.17, 15) is 23.6 Å². The van der Waals surface area contributed by atoms with E-state index < -0.39 is 24.4 Å². The van der Waals surface area contributed by atoms with Crippen LogP contribution in [0.25, 0.3) is 11.0 Å². The van der Waals surface area contributed by atoms with E-state index in [4.69, 9.17) is 9.15 Å². The third-order valence-electron chi connectivity index (χ3n) is 9.30. The van der Waals surface area contributed by atoms with E-state index in [2.05, 4.69) is 27.3 Å². The quantitative estimate of drug-likeness (QED) is 0.135. The van der Waals surface area contributed by atoms with Gasteiger partial charge in [0.25, 0.3) is 5.91 Å². The molecule has 0 bridgehead atoms. The average molecular weight is 720 g/mol. The van der Waals surface area contributed by atoms with Gasteiger partial charge in [0, 0.05) is 29.1 Å². The summed E-state index contributed by atoms with van der Waals surface area (Å²) < 4.78 is 28.0. The standard InChI is InChI=1S/C23H32N4O3S.C14H26FNO3/c1-26(2)31-25-22(28)20-14-16-13-17(9-10-19(16)30-20)24-23(29)21-18(11-12-27(21)3)15-7-5-4-6-8-15;1-5-11(10-17)7-6-8-12(9-15)16-13(18)19-14(2,3)4/h9-10,13-15,18,21H,4-8,11-12H2,1-3H3,(H,24,29)(H,25,28);10-12H,5-9H2,1-4H3,(H,16,18). The minimum absolute atomic E-state index is 0.0294. The number of hydrogen-bond donors (Lipinski definition) is 3. The first kappa shape index (κ1) is 41.3. The Bertz CT molecular complexity index is 1390. The Kier molecular flexibility index (Phi) is 16.5. The summed E-state index contributed by atoms with van der Waals surface area (Å²) in [6.45, 7) is 7.57. The molecule has 2 fully saturated rings. The van der Waals surface area contributed by atoms with Crippen LogP contribution in [0.4, 0.5) is 14.9 Å². The van der Waals surface area contributed by atoms with Crippen LogP contribution in [0.2, 0.25) is 0 Å². The van der Waals surface area contributed by atoms with Crippen LogP contribution in [-0.4, -0.2) is 85.4 Å². The third kappa shape index (κ3) is 13.2. The van der Waals surface area contributed by atoms with Gasteiger partial charge in [-0.15, -0.1) is 0 Å². The number of likely N-dealkylation sites (tertiary alicyclic amines) is 1. The molecule has 1 aliphatic heterocycles. The summed E-state index contributed by atoms with van der Waals surface area (Å²) in [6.07, 6.45) is 10.6. The molecule has 3 N–H and O–H groups in total. The van der Waals surface area contributed by atoms with Crippen LogP contribution < -0.4 is 15.4 Å². The fraction of sp³-hybridized carbons (Fsp3) is 0.676. The number of carbonyl (C=O) groups excluding carboxylic acids is 4. The van der Waals surface area contributed by atoms with Gasteiger partial charge in [0.05, 0.1) is 12.1 Å². The maximum atomic E-state index is 13.2. The first-order valence-electron chi connectivity index (χ1n) is 17.9. The number of likely N-dealkylation sites (N-methyl/N-ethyl adjacent to an activating group) is 1. The molecule has 13 heteroatoms. The molecule has 1 aromatic heterocycles. The van der Waals surface area contributed by atoms with Crippen molar-refractivity contribution in [3.8, 4) is 0 Å². The van der Waals surface area contributed by atoms with Gasteiger partial charge in [-0.2, -0.15) is 0 Å². The smallest absolute Gasteiger partial charge is 0.407 e. The number of nitrogens with zero attached hydrogens (tertiary/aromatic N) is 2. The fourth-order valence-corrected chi connectivity index (χ4v) is 7.08. The number of nitrogens with one attached hydrogen (secondary N) is 3. The van der Waals surface area contributed by atoms with E-state index in [1.165, 1.54) is 44.2 Å². The van der Waals surface area contributed by atoms with Crippen LogP contribution in [0.3, 0.4) is 0 Å². The molecule has 50 heavy (non-hydrogen) atoms. The number of ether oxygens (including phenoxy) is 1. The summed E-state index contributed by atoms with van der Waals surface area (Å²) in [5.74, 6) is 1.16. The molecule has 1 saturated carbocycles. The van der Waals surface area contributed by atoms with Gasteiger partial charge in [-0.05, 0) is 110 Å². The van der Waals surface area contributed by atoms with Crippen molar-refractivity contribution < 1.29 is 32.7 Å². The Labute approximate surface area is 301 Å². The molecule has 280 valence electrons. The summed E-state index contributed by atoms with van der Waals surface area (Å²) in [6, 6.07) is 6.61. The molecule has 2 heterocycles. The molecule has 1 aliphatic carbocycles. The largest absolute Gasteiger partial charge is 0.451 e. The van der Waals surface area contributed by atoms with E-state index in [1.54, 1.807) is 37.2 Å². The summed E-state index contributed by atoms with van der Waals surface area (Å²) in [5.41, 5.74) is 0.766. The number of aldehydes is 1. The lowest BCUT2D eigenvalue weighted by Crippen LogP contribution is -2.43. The lowest BCUT2D eigenvalue weighted by atomic mass is 9.76. The van der Waals surface area contributed by atoms with Crippen molar-refractivity contribution in [1.29, 1.82) is 0 Å². The topological polar surface area (TPSA) is 133 Å². The van der Waals surface area contributed by atoms with E-state index in [0.717, 1.165) is 43.2 Å². The van der Waals surface area contributed by atoms with Crippen molar-refractivity contribution in [2.75, 3.05) is 39.7 Å². The highest BCUT2D eigenvalue weighted by atomic mass is 32.2. The van der Waals surface area contributed by atoms with E-state index in [-0.39, 0.29) is 29.5 Å². The van der Waals surface area contributed by atoms with Gasteiger partial charge in [0.15, 0.2) is 5.76 Å². The molecule has 4 atom stereocenters. The molecular weight excluding hydrogens is 662 g/mol. The number of alkyl carbamates (subject to hydrolysis) is 1. The second-order valence-corrected chi connectivity index (χ2v) is 15.8. The van der Waals surface area contributed by atoms with Crippen molar-refractivity contribution >= 4 is 53.0 Å². The van der Waals surface area contributed by atoms with Crippen molar-refractivity contribution in [2.45, 2.75) is 110 Å². The van der Waals surface area contributed by atoms with Gasteiger partial charge in [0.1, 0.15) is 24.1 Å². The number of benzene rings is 1. The molecule has 4 unspecified atom stereocenters. The summed E-state index contributed by atoms with van der Waals surface area (Å²) in [4.78, 5) is 49.8. The Morgan fingerprint density at radius 1 is 1.12 bits per heavy atom. The number of anilines is 1. The maximum Gasteiger partial charge on any atom is 0.407 e. The van der Waals surface area contributed by atoms with E-state index in [0.29, 0.717) is 30.3 Å². The van der Waals surface area contributed by atoms with Crippen molar-refractivity contribution in [2.24, 2.45) is 17.8 Å². The molecular formula is C37H58FN5O6S. The highest BCUT2D eigenvalue weighted by Gasteiger charge is 2.41. The second-order valence-electron chi connectivity index (χ2n) is 14.7. The Hall–Kier alpha value is -3.16. The number of alkyl halides is 1. The number of furan rings is 1. The predicted molar refractivity (Wildman–Crippen MR) is 198 cm³/mol. The van der Waals surface area contributed by atoms with Crippen LogP contribution in [0, 0.1) is 17.8 Å². The van der Waals surface area contributed by atoms with Crippen LogP contribution >= 0.6 is 12.1 Å². The van der Waals surface area contributed by atoms with Crippen LogP contribution in [0.1, 0.15) is 102 Å². The van der Waals surface area contributed by atoms with Gasteiger partial charge in [-0.25, -0.2) is 13.5 Å². The Morgan fingerprint density at radius 3 is 2.46 bits per heavy atom. The first-order chi connectivity index (χ1) is 23.7. The summed E-state index contributed by atoms with van der Waals surface area (Å²) >= 11 is 1.19. The number of fused-ring (bicyclic) bond motifs is 1.